The van der Waals surface area contributed by atoms with Crippen molar-refractivity contribution in [3.05, 3.63) is 16.6 Å². The number of amides is 1. The quantitative estimate of drug-likeness (QED) is 0.808. The summed E-state index contributed by atoms with van der Waals surface area (Å²) >= 11 is 1.69. The molecule has 1 amide bonds. The monoisotopic (exact) mass is 337 g/mol. The maximum atomic E-state index is 12.3. The third-order valence-electron chi connectivity index (χ3n) is 4.96. The number of thiazole rings is 1. The summed E-state index contributed by atoms with van der Waals surface area (Å²) in [6.45, 7) is 4.66. The highest BCUT2D eigenvalue weighted by Gasteiger charge is 2.29. The second-order valence-electron chi connectivity index (χ2n) is 6.47. The van der Waals surface area contributed by atoms with Crippen LogP contribution in [-0.4, -0.2) is 54.7 Å². The highest BCUT2D eigenvalue weighted by molar-refractivity contribution is 7.09. The van der Waals surface area contributed by atoms with Crippen LogP contribution in [0.2, 0.25) is 0 Å². The van der Waals surface area contributed by atoms with Gasteiger partial charge in [0.05, 0.1) is 5.01 Å². The van der Waals surface area contributed by atoms with Crippen LogP contribution in [-0.2, 0) is 16.0 Å². The first-order valence-electron chi connectivity index (χ1n) is 8.81. The van der Waals surface area contributed by atoms with E-state index >= 15 is 0 Å². The van der Waals surface area contributed by atoms with Gasteiger partial charge in [-0.25, -0.2) is 4.98 Å². The fourth-order valence-corrected chi connectivity index (χ4v) is 4.21. The van der Waals surface area contributed by atoms with Gasteiger partial charge >= 0.3 is 0 Å². The van der Waals surface area contributed by atoms with Crippen molar-refractivity contribution in [2.45, 2.75) is 44.6 Å². The van der Waals surface area contributed by atoms with Crippen LogP contribution in [0.4, 0.5) is 0 Å². The number of aromatic nitrogens is 1. The first-order chi connectivity index (χ1) is 11.3. The number of aryl methyl sites for hydroxylation is 1. The molecule has 6 heteroatoms. The Bertz CT molecular complexity index is 466. The van der Waals surface area contributed by atoms with Crippen molar-refractivity contribution >= 4 is 17.2 Å². The average Bonchev–Trinajstić information content (AvgIpc) is 3.13. The van der Waals surface area contributed by atoms with E-state index in [9.17, 15) is 4.79 Å². The van der Waals surface area contributed by atoms with Gasteiger partial charge in [0.2, 0.25) is 5.91 Å². The maximum Gasteiger partial charge on any atom is 0.223 e. The van der Waals surface area contributed by atoms with E-state index in [1.807, 2.05) is 11.6 Å². The molecule has 2 aliphatic heterocycles. The first kappa shape index (κ1) is 16.9. The fraction of sp³-hybridized carbons (Fsp3) is 0.765. The van der Waals surface area contributed by atoms with Crippen LogP contribution in [0.3, 0.4) is 0 Å². The smallest absolute Gasteiger partial charge is 0.223 e. The molecular weight excluding hydrogens is 310 g/mol. The number of hydrogen-bond acceptors (Lipinski definition) is 5. The van der Waals surface area contributed by atoms with Crippen LogP contribution in [0.1, 0.15) is 37.1 Å². The second kappa shape index (κ2) is 8.76. The molecule has 1 aromatic rings. The fourth-order valence-electron chi connectivity index (χ4n) is 3.55. The summed E-state index contributed by atoms with van der Waals surface area (Å²) in [5.41, 5.74) is 0. The molecule has 0 atom stereocenters. The second-order valence-corrected chi connectivity index (χ2v) is 7.45. The zero-order valence-electron chi connectivity index (χ0n) is 13.7. The number of nitrogens with one attached hydrogen (secondary N) is 1. The van der Waals surface area contributed by atoms with Gasteiger partial charge in [0, 0.05) is 49.7 Å². The van der Waals surface area contributed by atoms with Gasteiger partial charge in [-0.05, 0) is 45.2 Å². The van der Waals surface area contributed by atoms with Crippen molar-refractivity contribution < 1.29 is 9.53 Å². The summed E-state index contributed by atoms with van der Waals surface area (Å²) in [6, 6.07) is 0.672. The topological polar surface area (TPSA) is 54.5 Å². The number of carbonyl (C=O) groups excluding carboxylic acids is 1. The molecule has 0 spiro atoms. The molecular formula is C17H27N3O2S. The molecule has 2 aliphatic rings. The van der Waals surface area contributed by atoms with Gasteiger partial charge in [0.25, 0.3) is 0 Å². The van der Waals surface area contributed by atoms with Crippen LogP contribution < -0.4 is 5.32 Å². The van der Waals surface area contributed by atoms with E-state index in [4.69, 9.17) is 4.74 Å². The summed E-state index contributed by atoms with van der Waals surface area (Å²) in [4.78, 5) is 19.1. The SMILES string of the molecule is O=C(NCCCc1nccs1)C1CCN(C2CCOCC2)CC1. The van der Waals surface area contributed by atoms with Gasteiger partial charge in [-0.15, -0.1) is 11.3 Å². The van der Waals surface area contributed by atoms with Gasteiger partial charge in [-0.1, -0.05) is 0 Å². The van der Waals surface area contributed by atoms with E-state index < -0.39 is 0 Å². The highest BCUT2D eigenvalue weighted by atomic mass is 32.1. The molecule has 23 heavy (non-hydrogen) atoms. The molecule has 0 aromatic carbocycles. The summed E-state index contributed by atoms with van der Waals surface area (Å²) < 4.78 is 5.44. The van der Waals surface area contributed by atoms with E-state index in [0.717, 1.165) is 76.4 Å². The van der Waals surface area contributed by atoms with Gasteiger partial charge in [0.15, 0.2) is 0 Å². The molecule has 2 saturated heterocycles. The Morgan fingerprint density at radius 3 is 2.78 bits per heavy atom. The van der Waals surface area contributed by atoms with Crippen LogP contribution in [0.15, 0.2) is 11.6 Å². The largest absolute Gasteiger partial charge is 0.381 e. The van der Waals surface area contributed by atoms with Gasteiger partial charge in [0.1, 0.15) is 0 Å². The standard InChI is InChI=1S/C17H27N3O2S/c21-17(19-7-1-2-16-18-8-13-23-16)14-3-9-20(10-4-14)15-5-11-22-12-6-15/h8,13-15H,1-7,9-12H2,(H,19,21). The summed E-state index contributed by atoms with van der Waals surface area (Å²) in [7, 11) is 0. The predicted molar refractivity (Wildman–Crippen MR) is 91.6 cm³/mol. The van der Waals surface area contributed by atoms with Crippen molar-refractivity contribution in [2.24, 2.45) is 5.92 Å². The van der Waals surface area contributed by atoms with E-state index in [1.165, 1.54) is 0 Å². The molecule has 0 radical (unpaired) electrons. The minimum absolute atomic E-state index is 0.200. The molecule has 0 saturated carbocycles. The molecule has 3 rings (SSSR count). The van der Waals surface area contributed by atoms with Crippen LogP contribution in [0, 0.1) is 5.92 Å². The molecule has 0 unspecified atom stereocenters. The Hall–Kier alpha value is -0.980. The number of ether oxygens (including phenoxy) is 1. The predicted octanol–water partition coefficient (Wildman–Crippen LogP) is 2.08. The van der Waals surface area contributed by atoms with E-state index in [1.54, 1.807) is 11.3 Å². The average molecular weight is 337 g/mol. The highest BCUT2D eigenvalue weighted by Crippen LogP contribution is 2.23. The van der Waals surface area contributed by atoms with Crippen molar-refractivity contribution in [1.82, 2.24) is 15.2 Å². The lowest BCUT2D eigenvalue weighted by molar-refractivity contribution is -0.126. The zero-order valence-corrected chi connectivity index (χ0v) is 14.5. The molecule has 0 bridgehead atoms. The molecule has 3 heterocycles. The van der Waals surface area contributed by atoms with Gasteiger partial charge < -0.3 is 15.0 Å². The van der Waals surface area contributed by atoms with E-state index in [2.05, 4.69) is 15.2 Å². The Labute approximate surface area is 142 Å². The molecule has 128 valence electrons. The van der Waals surface area contributed by atoms with Gasteiger partial charge in [-0.2, -0.15) is 0 Å². The first-order valence-corrected chi connectivity index (χ1v) is 9.69. The van der Waals surface area contributed by atoms with Crippen LogP contribution in [0.25, 0.3) is 0 Å². The normalized spacial score (nSPS) is 21.4. The minimum atomic E-state index is 0.200. The summed E-state index contributed by atoms with van der Waals surface area (Å²) in [5.74, 6) is 0.446. The third-order valence-corrected chi connectivity index (χ3v) is 5.80. The Morgan fingerprint density at radius 2 is 2.09 bits per heavy atom. The van der Waals surface area contributed by atoms with Crippen LogP contribution in [0.5, 0.6) is 0 Å². The van der Waals surface area contributed by atoms with Crippen molar-refractivity contribution in [3.8, 4) is 0 Å². The molecule has 1 aromatic heterocycles. The van der Waals surface area contributed by atoms with E-state index in [0.29, 0.717) is 6.04 Å². The lowest BCUT2D eigenvalue weighted by Crippen LogP contribution is -2.46. The van der Waals surface area contributed by atoms with Crippen molar-refractivity contribution in [1.29, 1.82) is 0 Å². The van der Waals surface area contributed by atoms with Crippen molar-refractivity contribution in [2.75, 3.05) is 32.8 Å². The molecule has 0 aliphatic carbocycles. The molecule has 5 nitrogen and oxygen atoms in total. The number of hydrogen-bond donors (Lipinski definition) is 1. The lowest BCUT2D eigenvalue weighted by Gasteiger charge is -2.38. The summed E-state index contributed by atoms with van der Waals surface area (Å²) in [5, 5.41) is 6.27. The van der Waals surface area contributed by atoms with E-state index in [-0.39, 0.29) is 11.8 Å². The Balaban J connectivity index is 1.31. The van der Waals surface area contributed by atoms with Crippen LogP contribution >= 0.6 is 11.3 Å². The minimum Gasteiger partial charge on any atom is -0.381 e. The third kappa shape index (κ3) is 4.99. The summed E-state index contributed by atoms with van der Waals surface area (Å²) in [6.07, 6.45) is 8.05. The maximum absolute atomic E-state index is 12.3. The van der Waals surface area contributed by atoms with Gasteiger partial charge in [-0.3, -0.25) is 4.79 Å². The number of likely N-dealkylation sites (tertiary alicyclic amines) is 1. The zero-order chi connectivity index (χ0) is 15.9. The number of piperidine rings is 1. The number of nitrogens with zero attached hydrogens (tertiary/aromatic N) is 2. The molecule has 1 N–H and O–H groups in total. The number of rotatable bonds is 6. The van der Waals surface area contributed by atoms with Crippen molar-refractivity contribution in [3.63, 3.8) is 0 Å². The Morgan fingerprint density at radius 1 is 1.30 bits per heavy atom. The Kier molecular flexibility index (Phi) is 6.42. The number of carbonyl (C=O) groups is 1. The lowest BCUT2D eigenvalue weighted by atomic mass is 9.93. The molecule has 2 fully saturated rings.